The fourth-order valence-corrected chi connectivity index (χ4v) is 1.72. The lowest BCUT2D eigenvalue weighted by Gasteiger charge is -2.19. The van der Waals surface area contributed by atoms with Crippen molar-refractivity contribution in [2.75, 3.05) is 5.73 Å². The molecule has 0 radical (unpaired) electrons. The van der Waals surface area contributed by atoms with Gasteiger partial charge in [0, 0.05) is 0 Å². The Morgan fingerprint density at radius 2 is 2.33 bits per heavy atom. The maximum atomic E-state index is 10.6. The Morgan fingerprint density at radius 1 is 1.73 bits per heavy atom. The molecule has 1 unspecified atom stereocenters. The highest BCUT2D eigenvalue weighted by Crippen LogP contribution is 2.54. The van der Waals surface area contributed by atoms with Crippen LogP contribution >= 0.6 is 0 Å². The molecule has 0 aliphatic heterocycles. The number of nitrogens with zero attached hydrogens (tertiary/aromatic N) is 3. The molecule has 82 valence electrons. The maximum absolute atomic E-state index is 10.6. The maximum Gasteiger partial charge on any atom is 0.330 e. The lowest BCUT2D eigenvalue weighted by molar-refractivity contribution is -0.384. The largest absolute Gasteiger partial charge is 0.378 e. The van der Waals surface area contributed by atoms with Gasteiger partial charge in [0.15, 0.2) is 0 Å². The van der Waals surface area contributed by atoms with E-state index in [9.17, 15) is 10.1 Å². The Labute approximate surface area is 87.2 Å². The molecule has 0 spiro atoms. The molecule has 1 fully saturated rings. The SMILES string of the molecule is CC(n1ncc([N+](=O)[O-])c1N)C1(C)CC1. The van der Waals surface area contributed by atoms with E-state index in [1.54, 1.807) is 4.68 Å². The molecule has 2 N–H and O–H groups in total. The highest BCUT2D eigenvalue weighted by Gasteiger charge is 2.44. The molecule has 0 bridgehead atoms. The first-order valence-electron chi connectivity index (χ1n) is 4.93. The minimum atomic E-state index is -0.499. The highest BCUT2D eigenvalue weighted by molar-refractivity contribution is 5.51. The summed E-state index contributed by atoms with van der Waals surface area (Å²) in [6, 6.07) is 0.117. The lowest BCUT2D eigenvalue weighted by atomic mass is 10.0. The molecule has 1 heterocycles. The first-order valence-corrected chi connectivity index (χ1v) is 4.93. The number of aromatic nitrogens is 2. The van der Waals surface area contributed by atoms with Gasteiger partial charge in [0.05, 0.1) is 11.0 Å². The number of anilines is 1. The highest BCUT2D eigenvalue weighted by atomic mass is 16.6. The van der Waals surface area contributed by atoms with Gasteiger partial charge in [0.25, 0.3) is 0 Å². The lowest BCUT2D eigenvalue weighted by Crippen LogP contribution is -2.18. The summed E-state index contributed by atoms with van der Waals surface area (Å²) in [5.74, 6) is 0.153. The van der Waals surface area contributed by atoms with Crippen molar-refractivity contribution in [2.24, 2.45) is 5.41 Å². The van der Waals surface area contributed by atoms with Crippen LogP contribution in [0.4, 0.5) is 11.5 Å². The monoisotopic (exact) mass is 210 g/mol. The molecule has 1 aromatic heterocycles. The summed E-state index contributed by atoms with van der Waals surface area (Å²) in [4.78, 5) is 10.1. The molecule has 0 saturated heterocycles. The minimum Gasteiger partial charge on any atom is -0.378 e. The van der Waals surface area contributed by atoms with Crippen LogP contribution in [0, 0.1) is 15.5 Å². The fourth-order valence-electron chi connectivity index (χ4n) is 1.72. The van der Waals surface area contributed by atoms with E-state index < -0.39 is 4.92 Å². The van der Waals surface area contributed by atoms with E-state index >= 15 is 0 Å². The summed E-state index contributed by atoms with van der Waals surface area (Å²) in [6.45, 7) is 4.14. The molecule has 6 nitrogen and oxygen atoms in total. The average molecular weight is 210 g/mol. The fraction of sp³-hybridized carbons (Fsp3) is 0.667. The summed E-state index contributed by atoms with van der Waals surface area (Å²) in [5.41, 5.74) is 5.79. The van der Waals surface area contributed by atoms with Crippen molar-refractivity contribution in [2.45, 2.75) is 32.7 Å². The van der Waals surface area contributed by atoms with Crippen LogP contribution in [0.15, 0.2) is 6.20 Å². The predicted molar refractivity (Wildman–Crippen MR) is 55.3 cm³/mol. The summed E-state index contributed by atoms with van der Waals surface area (Å²) in [6.07, 6.45) is 3.47. The van der Waals surface area contributed by atoms with Gasteiger partial charge in [-0.2, -0.15) is 5.10 Å². The summed E-state index contributed by atoms with van der Waals surface area (Å²) in [5, 5.41) is 14.6. The zero-order valence-corrected chi connectivity index (χ0v) is 8.80. The molecular formula is C9H14N4O2. The van der Waals surface area contributed by atoms with Crippen molar-refractivity contribution in [1.82, 2.24) is 9.78 Å². The Morgan fingerprint density at radius 3 is 2.73 bits per heavy atom. The van der Waals surface area contributed by atoms with Crippen LogP contribution in [-0.4, -0.2) is 14.7 Å². The van der Waals surface area contributed by atoms with E-state index in [0.29, 0.717) is 0 Å². The van der Waals surface area contributed by atoms with E-state index in [1.165, 1.54) is 6.20 Å². The van der Waals surface area contributed by atoms with Crippen molar-refractivity contribution < 1.29 is 4.92 Å². The third kappa shape index (κ3) is 1.45. The quantitative estimate of drug-likeness (QED) is 0.608. The topological polar surface area (TPSA) is 87.0 Å². The Bertz CT molecular complexity index is 408. The van der Waals surface area contributed by atoms with Gasteiger partial charge in [0.2, 0.25) is 5.82 Å². The van der Waals surface area contributed by atoms with E-state index in [-0.39, 0.29) is 23.0 Å². The first-order chi connectivity index (χ1) is 6.96. The van der Waals surface area contributed by atoms with Crippen LogP contribution in [0.3, 0.4) is 0 Å². The second kappa shape index (κ2) is 2.95. The Balaban J connectivity index is 2.33. The second-order valence-corrected chi connectivity index (χ2v) is 4.45. The molecule has 1 aromatic rings. The van der Waals surface area contributed by atoms with Crippen molar-refractivity contribution in [3.63, 3.8) is 0 Å². The zero-order valence-electron chi connectivity index (χ0n) is 8.80. The first kappa shape index (κ1) is 9.95. The summed E-state index contributed by atoms with van der Waals surface area (Å²) >= 11 is 0. The second-order valence-electron chi connectivity index (χ2n) is 4.45. The number of hydrogen-bond donors (Lipinski definition) is 1. The van der Waals surface area contributed by atoms with Crippen LogP contribution < -0.4 is 5.73 Å². The Hall–Kier alpha value is -1.59. The van der Waals surface area contributed by atoms with Crippen molar-refractivity contribution in [3.8, 4) is 0 Å². The smallest absolute Gasteiger partial charge is 0.330 e. The number of nitro groups is 1. The molecule has 1 aliphatic carbocycles. The van der Waals surface area contributed by atoms with Crippen LogP contribution in [0.5, 0.6) is 0 Å². The standard InChI is InChI=1S/C9H14N4O2/c1-6(9(2)3-4-9)12-8(10)7(5-11-12)13(14)15/h5-6H,3-4,10H2,1-2H3. The van der Waals surface area contributed by atoms with Crippen LogP contribution in [0.25, 0.3) is 0 Å². The van der Waals surface area contributed by atoms with E-state index in [0.717, 1.165) is 12.8 Å². The molecule has 0 amide bonds. The van der Waals surface area contributed by atoms with Gasteiger partial charge >= 0.3 is 5.69 Å². The zero-order chi connectivity index (χ0) is 11.2. The number of hydrogen-bond acceptors (Lipinski definition) is 4. The molecule has 6 heteroatoms. The van der Waals surface area contributed by atoms with Gasteiger partial charge in [-0.25, -0.2) is 4.68 Å². The number of rotatable bonds is 3. The molecule has 1 atom stereocenters. The summed E-state index contributed by atoms with van der Waals surface area (Å²) in [7, 11) is 0. The van der Waals surface area contributed by atoms with Gasteiger partial charge in [-0.05, 0) is 25.2 Å². The van der Waals surface area contributed by atoms with Crippen molar-refractivity contribution in [3.05, 3.63) is 16.3 Å². The van der Waals surface area contributed by atoms with Crippen LogP contribution in [-0.2, 0) is 0 Å². The predicted octanol–water partition coefficient (Wildman–Crippen LogP) is 1.73. The molecule has 1 aliphatic rings. The molecule has 1 saturated carbocycles. The third-order valence-corrected chi connectivity index (χ3v) is 3.42. The Kier molecular flexibility index (Phi) is 1.95. The number of nitrogen functional groups attached to an aromatic ring is 1. The normalized spacial score (nSPS) is 19.9. The van der Waals surface area contributed by atoms with Crippen molar-refractivity contribution in [1.29, 1.82) is 0 Å². The van der Waals surface area contributed by atoms with Gasteiger partial charge in [0.1, 0.15) is 6.20 Å². The van der Waals surface area contributed by atoms with Crippen molar-refractivity contribution >= 4 is 11.5 Å². The van der Waals surface area contributed by atoms with Gasteiger partial charge < -0.3 is 5.73 Å². The van der Waals surface area contributed by atoms with Gasteiger partial charge in [-0.3, -0.25) is 10.1 Å². The van der Waals surface area contributed by atoms with E-state index in [2.05, 4.69) is 12.0 Å². The van der Waals surface area contributed by atoms with Gasteiger partial charge in [-0.15, -0.1) is 0 Å². The van der Waals surface area contributed by atoms with Gasteiger partial charge in [-0.1, -0.05) is 6.92 Å². The minimum absolute atomic E-state index is 0.105. The molecule has 0 aromatic carbocycles. The molecule has 2 rings (SSSR count). The van der Waals surface area contributed by atoms with Crippen LogP contribution in [0.1, 0.15) is 32.7 Å². The van der Waals surface area contributed by atoms with E-state index in [1.807, 2.05) is 6.92 Å². The molecular weight excluding hydrogens is 196 g/mol. The summed E-state index contributed by atoms with van der Waals surface area (Å²) < 4.78 is 1.56. The number of nitrogens with two attached hydrogens (primary N) is 1. The van der Waals surface area contributed by atoms with E-state index in [4.69, 9.17) is 5.73 Å². The van der Waals surface area contributed by atoms with Crippen LogP contribution in [0.2, 0.25) is 0 Å². The molecule has 15 heavy (non-hydrogen) atoms. The third-order valence-electron chi connectivity index (χ3n) is 3.42. The average Bonchev–Trinajstić information content (AvgIpc) is 2.78.